The summed E-state index contributed by atoms with van der Waals surface area (Å²) >= 11 is 0. The summed E-state index contributed by atoms with van der Waals surface area (Å²) in [4.78, 5) is 0. The molecule has 1 aromatic carbocycles. The third-order valence-corrected chi connectivity index (χ3v) is 2.36. The van der Waals surface area contributed by atoms with E-state index in [4.69, 9.17) is 9.47 Å². The van der Waals surface area contributed by atoms with E-state index in [0.29, 0.717) is 5.56 Å². The van der Waals surface area contributed by atoms with Crippen LogP contribution in [0.3, 0.4) is 0 Å². The highest BCUT2D eigenvalue weighted by molar-refractivity contribution is 5.46. The van der Waals surface area contributed by atoms with Gasteiger partial charge >= 0.3 is 6.18 Å². The normalized spacial score (nSPS) is 19.9. The van der Waals surface area contributed by atoms with Crippen molar-refractivity contribution in [2.75, 3.05) is 13.7 Å². The summed E-state index contributed by atoms with van der Waals surface area (Å²) in [6.45, 7) is 0.138. The van der Waals surface area contributed by atoms with Gasteiger partial charge in [0.15, 0.2) is 0 Å². The molecule has 0 fully saturated rings. The van der Waals surface area contributed by atoms with E-state index in [1.54, 1.807) is 6.07 Å². The van der Waals surface area contributed by atoms with Crippen LogP contribution >= 0.6 is 0 Å². The Bertz CT molecular complexity index is 373. The molecule has 0 bridgehead atoms. The topological polar surface area (TPSA) is 18.5 Å². The van der Waals surface area contributed by atoms with E-state index in [9.17, 15) is 13.2 Å². The second-order valence-corrected chi connectivity index (χ2v) is 3.26. The van der Waals surface area contributed by atoms with Crippen LogP contribution < -0.4 is 4.74 Å². The average molecular weight is 218 g/mol. The highest BCUT2D eigenvalue weighted by Gasteiger charge is 2.38. The van der Waals surface area contributed by atoms with Crippen molar-refractivity contribution in [2.45, 2.75) is 12.3 Å². The van der Waals surface area contributed by atoms with Crippen LogP contribution in [-0.2, 0) is 10.9 Å². The lowest BCUT2D eigenvalue weighted by Crippen LogP contribution is -2.06. The number of alkyl halides is 3. The van der Waals surface area contributed by atoms with Gasteiger partial charge in [-0.2, -0.15) is 13.2 Å². The first kappa shape index (κ1) is 10.3. The number of hydrogen-bond acceptors (Lipinski definition) is 2. The molecule has 82 valence electrons. The maximum atomic E-state index is 12.6. The lowest BCUT2D eigenvalue weighted by molar-refractivity contribution is -0.138. The second-order valence-electron chi connectivity index (χ2n) is 3.26. The standard InChI is InChI=1S/C10H9F3O2/c1-14-8-5-15-9-6(8)3-2-4-7(9)10(11,12)13/h2-4,8H,5H2,1H3. The van der Waals surface area contributed by atoms with Crippen molar-refractivity contribution in [1.29, 1.82) is 0 Å². The zero-order valence-corrected chi connectivity index (χ0v) is 7.97. The molecule has 1 atom stereocenters. The van der Waals surface area contributed by atoms with Crippen LogP contribution in [0.1, 0.15) is 17.2 Å². The molecule has 1 heterocycles. The third-order valence-electron chi connectivity index (χ3n) is 2.36. The molecule has 1 aromatic rings. The van der Waals surface area contributed by atoms with Crippen molar-refractivity contribution in [3.8, 4) is 5.75 Å². The molecule has 2 nitrogen and oxygen atoms in total. The molecule has 0 amide bonds. The fourth-order valence-corrected chi connectivity index (χ4v) is 1.64. The van der Waals surface area contributed by atoms with Crippen molar-refractivity contribution in [3.05, 3.63) is 29.3 Å². The predicted molar refractivity (Wildman–Crippen MR) is 46.7 cm³/mol. The number of fused-ring (bicyclic) bond motifs is 1. The Kier molecular flexibility index (Phi) is 2.34. The number of ether oxygens (including phenoxy) is 2. The van der Waals surface area contributed by atoms with E-state index >= 15 is 0 Å². The fraction of sp³-hybridized carbons (Fsp3) is 0.400. The smallest absolute Gasteiger partial charge is 0.419 e. The Morgan fingerprint density at radius 2 is 2.13 bits per heavy atom. The van der Waals surface area contributed by atoms with Crippen LogP contribution in [0.2, 0.25) is 0 Å². The summed E-state index contributed by atoms with van der Waals surface area (Å²) in [5.41, 5.74) is -0.271. The lowest BCUT2D eigenvalue weighted by atomic mass is 10.1. The summed E-state index contributed by atoms with van der Waals surface area (Å²) in [6.07, 6.45) is -4.78. The highest BCUT2D eigenvalue weighted by atomic mass is 19.4. The maximum Gasteiger partial charge on any atom is 0.419 e. The van der Waals surface area contributed by atoms with Gasteiger partial charge in [0, 0.05) is 12.7 Å². The highest BCUT2D eigenvalue weighted by Crippen LogP contribution is 2.43. The Balaban J connectivity index is 2.49. The van der Waals surface area contributed by atoms with Crippen molar-refractivity contribution in [2.24, 2.45) is 0 Å². The Hall–Kier alpha value is -1.23. The molecular weight excluding hydrogens is 209 g/mol. The van der Waals surface area contributed by atoms with Gasteiger partial charge in [-0.15, -0.1) is 0 Å². The summed E-state index contributed by atoms with van der Waals surface area (Å²) in [5, 5.41) is 0. The molecule has 0 radical (unpaired) electrons. The maximum absolute atomic E-state index is 12.6. The minimum Gasteiger partial charge on any atom is -0.489 e. The fourth-order valence-electron chi connectivity index (χ4n) is 1.64. The molecule has 0 N–H and O–H groups in total. The number of hydrogen-bond donors (Lipinski definition) is 0. The first-order valence-electron chi connectivity index (χ1n) is 4.39. The van der Waals surface area contributed by atoms with Crippen LogP contribution in [0.5, 0.6) is 5.75 Å². The zero-order chi connectivity index (χ0) is 11.1. The number of halogens is 3. The van der Waals surface area contributed by atoms with Crippen molar-refractivity contribution >= 4 is 0 Å². The molecular formula is C10H9F3O2. The van der Waals surface area contributed by atoms with Crippen LogP contribution in [-0.4, -0.2) is 13.7 Å². The van der Waals surface area contributed by atoms with Gasteiger partial charge in [-0.3, -0.25) is 0 Å². The first-order valence-corrected chi connectivity index (χ1v) is 4.39. The van der Waals surface area contributed by atoms with E-state index in [1.165, 1.54) is 13.2 Å². The zero-order valence-electron chi connectivity index (χ0n) is 7.97. The van der Waals surface area contributed by atoms with E-state index in [0.717, 1.165) is 6.07 Å². The number of rotatable bonds is 1. The summed E-state index contributed by atoms with van der Waals surface area (Å²) in [5.74, 6) is -0.100. The number of methoxy groups -OCH3 is 1. The molecule has 5 heteroatoms. The monoisotopic (exact) mass is 218 g/mol. The third kappa shape index (κ3) is 1.67. The van der Waals surface area contributed by atoms with E-state index in [-0.39, 0.29) is 12.4 Å². The van der Waals surface area contributed by atoms with E-state index in [1.807, 2.05) is 0 Å². The van der Waals surface area contributed by atoms with E-state index in [2.05, 4.69) is 0 Å². The molecule has 0 aromatic heterocycles. The van der Waals surface area contributed by atoms with Crippen molar-refractivity contribution in [1.82, 2.24) is 0 Å². The first-order chi connectivity index (χ1) is 7.04. The van der Waals surface area contributed by atoms with Gasteiger partial charge in [0.25, 0.3) is 0 Å². The van der Waals surface area contributed by atoms with Gasteiger partial charge in [-0.1, -0.05) is 12.1 Å². The SMILES string of the molecule is COC1COc2c1cccc2C(F)(F)F. The molecule has 2 rings (SSSR count). The quantitative estimate of drug-likeness (QED) is 0.721. The van der Waals surface area contributed by atoms with Gasteiger partial charge in [0.1, 0.15) is 18.5 Å². The minimum absolute atomic E-state index is 0.100. The Labute approximate surface area is 84.6 Å². The molecule has 0 spiro atoms. The molecule has 0 saturated heterocycles. The van der Waals surface area contributed by atoms with Crippen LogP contribution in [0.4, 0.5) is 13.2 Å². The number of benzene rings is 1. The van der Waals surface area contributed by atoms with Crippen LogP contribution in [0.25, 0.3) is 0 Å². The molecule has 1 unspecified atom stereocenters. The lowest BCUT2D eigenvalue weighted by Gasteiger charge is -2.11. The molecule has 1 aliphatic rings. The molecule has 0 saturated carbocycles. The Morgan fingerprint density at radius 1 is 1.40 bits per heavy atom. The minimum atomic E-state index is -4.38. The molecule has 1 aliphatic heterocycles. The second kappa shape index (κ2) is 3.41. The Morgan fingerprint density at radius 3 is 2.73 bits per heavy atom. The van der Waals surface area contributed by atoms with Gasteiger partial charge in [0.05, 0.1) is 5.56 Å². The van der Waals surface area contributed by atoms with Crippen molar-refractivity contribution < 1.29 is 22.6 Å². The molecule has 15 heavy (non-hydrogen) atoms. The summed E-state index contributed by atoms with van der Waals surface area (Å²) in [7, 11) is 1.45. The average Bonchev–Trinajstić information content (AvgIpc) is 2.58. The van der Waals surface area contributed by atoms with Crippen molar-refractivity contribution in [3.63, 3.8) is 0 Å². The van der Waals surface area contributed by atoms with E-state index < -0.39 is 17.8 Å². The van der Waals surface area contributed by atoms with Gasteiger partial charge in [-0.25, -0.2) is 0 Å². The van der Waals surface area contributed by atoms with Gasteiger partial charge < -0.3 is 9.47 Å². The van der Waals surface area contributed by atoms with Gasteiger partial charge in [0.2, 0.25) is 0 Å². The largest absolute Gasteiger partial charge is 0.489 e. The number of para-hydroxylation sites is 1. The predicted octanol–water partition coefficient (Wildman–Crippen LogP) is 2.79. The van der Waals surface area contributed by atoms with Gasteiger partial charge in [-0.05, 0) is 6.07 Å². The molecule has 0 aliphatic carbocycles. The summed E-state index contributed by atoms with van der Waals surface area (Å²) < 4.78 is 47.7. The summed E-state index contributed by atoms with van der Waals surface area (Å²) in [6, 6.07) is 3.96. The van der Waals surface area contributed by atoms with Crippen LogP contribution in [0.15, 0.2) is 18.2 Å². The van der Waals surface area contributed by atoms with Crippen LogP contribution in [0, 0.1) is 0 Å².